The summed E-state index contributed by atoms with van der Waals surface area (Å²) >= 11 is 0. The molecule has 2 atom stereocenters. The summed E-state index contributed by atoms with van der Waals surface area (Å²) < 4.78 is 4.02. The average Bonchev–Trinajstić information content (AvgIpc) is 3.26. The Labute approximate surface area is 136 Å². The zero-order chi connectivity index (χ0) is 16.1. The standard InChI is InChI=1S/C15H24N8/c1-13-3-6-21(9-14(13)22-7-4-17-11-22)15(16-2)19-5-8-23-12-18-10-20-23/h4,7,10-14H,3,5-6,8-9H2,1-2H3,(H,16,19). The van der Waals surface area contributed by atoms with Crippen LogP contribution in [0.5, 0.6) is 0 Å². The number of hydrogen-bond donors (Lipinski definition) is 1. The molecule has 124 valence electrons. The number of piperidine rings is 1. The summed E-state index contributed by atoms with van der Waals surface area (Å²) in [7, 11) is 1.84. The van der Waals surface area contributed by atoms with E-state index in [0.29, 0.717) is 12.0 Å². The van der Waals surface area contributed by atoms with E-state index in [1.807, 2.05) is 30.5 Å². The van der Waals surface area contributed by atoms with Gasteiger partial charge in [-0.2, -0.15) is 5.10 Å². The van der Waals surface area contributed by atoms with Crippen LogP contribution in [0.1, 0.15) is 19.4 Å². The number of likely N-dealkylation sites (tertiary alicyclic amines) is 1. The lowest BCUT2D eigenvalue weighted by atomic mass is 9.93. The van der Waals surface area contributed by atoms with E-state index < -0.39 is 0 Å². The van der Waals surface area contributed by atoms with Crippen LogP contribution in [0, 0.1) is 5.92 Å². The molecule has 8 nitrogen and oxygen atoms in total. The molecule has 1 aliphatic rings. The first-order valence-electron chi connectivity index (χ1n) is 8.03. The lowest BCUT2D eigenvalue weighted by Gasteiger charge is -2.39. The first-order chi connectivity index (χ1) is 11.3. The molecule has 0 amide bonds. The fourth-order valence-corrected chi connectivity index (χ4v) is 3.06. The predicted octanol–water partition coefficient (Wildman–Crippen LogP) is 0.633. The van der Waals surface area contributed by atoms with Crippen molar-refractivity contribution >= 4 is 5.96 Å². The van der Waals surface area contributed by atoms with E-state index in [2.05, 4.69) is 41.8 Å². The van der Waals surface area contributed by atoms with Gasteiger partial charge in [-0.05, 0) is 12.3 Å². The van der Waals surface area contributed by atoms with Crippen molar-refractivity contribution in [1.82, 2.24) is 34.5 Å². The highest BCUT2D eigenvalue weighted by Gasteiger charge is 2.28. The van der Waals surface area contributed by atoms with E-state index in [4.69, 9.17) is 0 Å². The zero-order valence-corrected chi connectivity index (χ0v) is 13.7. The van der Waals surface area contributed by atoms with Gasteiger partial charge in [0.2, 0.25) is 0 Å². The number of aromatic nitrogens is 5. The lowest BCUT2D eigenvalue weighted by Crippen LogP contribution is -2.49. The van der Waals surface area contributed by atoms with Gasteiger partial charge >= 0.3 is 0 Å². The molecule has 2 aromatic rings. The van der Waals surface area contributed by atoms with E-state index >= 15 is 0 Å². The molecule has 23 heavy (non-hydrogen) atoms. The Morgan fingerprint density at radius 3 is 2.96 bits per heavy atom. The van der Waals surface area contributed by atoms with Crippen molar-refractivity contribution in [2.45, 2.75) is 25.9 Å². The third-order valence-corrected chi connectivity index (χ3v) is 4.43. The van der Waals surface area contributed by atoms with Crippen molar-refractivity contribution in [3.63, 3.8) is 0 Å². The summed E-state index contributed by atoms with van der Waals surface area (Å²) in [5.74, 6) is 1.58. The molecule has 3 heterocycles. The Kier molecular flexibility index (Phi) is 4.89. The second-order valence-electron chi connectivity index (χ2n) is 5.92. The van der Waals surface area contributed by atoms with Crippen LogP contribution in [0.25, 0.3) is 0 Å². The molecule has 2 unspecified atom stereocenters. The minimum absolute atomic E-state index is 0.431. The average molecular weight is 316 g/mol. The molecule has 0 bridgehead atoms. The quantitative estimate of drug-likeness (QED) is 0.661. The minimum atomic E-state index is 0.431. The molecular weight excluding hydrogens is 292 g/mol. The van der Waals surface area contributed by atoms with Gasteiger partial charge in [-0.1, -0.05) is 6.92 Å². The number of guanidine groups is 1. The van der Waals surface area contributed by atoms with E-state index in [1.54, 1.807) is 12.7 Å². The molecule has 1 saturated heterocycles. The molecule has 1 N–H and O–H groups in total. The van der Waals surface area contributed by atoms with Gasteiger partial charge < -0.3 is 14.8 Å². The van der Waals surface area contributed by atoms with Crippen molar-refractivity contribution in [3.8, 4) is 0 Å². The summed E-state index contributed by atoms with van der Waals surface area (Å²) in [5.41, 5.74) is 0. The number of hydrogen-bond acceptors (Lipinski definition) is 4. The lowest BCUT2D eigenvalue weighted by molar-refractivity contribution is 0.189. The minimum Gasteiger partial charge on any atom is -0.354 e. The van der Waals surface area contributed by atoms with Gasteiger partial charge in [0, 0.05) is 39.1 Å². The van der Waals surface area contributed by atoms with Crippen molar-refractivity contribution in [2.75, 3.05) is 26.7 Å². The van der Waals surface area contributed by atoms with Gasteiger partial charge in [-0.15, -0.1) is 0 Å². The number of nitrogens with zero attached hydrogens (tertiary/aromatic N) is 7. The third-order valence-electron chi connectivity index (χ3n) is 4.43. The number of aliphatic imine (C=N–C) groups is 1. The normalized spacial score (nSPS) is 22.3. The van der Waals surface area contributed by atoms with Crippen LogP contribution < -0.4 is 5.32 Å². The Morgan fingerprint density at radius 2 is 2.26 bits per heavy atom. The first-order valence-corrected chi connectivity index (χ1v) is 8.03. The van der Waals surface area contributed by atoms with Crippen molar-refractivity contribution < 1.29 is 0 Å². The molecule has 1 aliphatic heterocycles. The van der Waals surface area contributed by atoms with E-state index in [1.165, 1.54) is 0 Å². The molecule has 0 aromatic carbocycles. The molecule has 8 heteroatoms. The molecule has 0 spiro atoms. The molecule has 0 aliphatic carbocycles. The summed E-state index contributed by atoms with van der Waals surface area (Å²) in [6, 6.07) is 0.431. The number of rotatable bonds is 4. The largest absolute Gasteiger partial charge is 0.354 e. The maximum Gasteiger partial charge on any atom is 0.193 e. The third kappa shape index (κ3) is 3.69. The van der Waals surface area contributed by atoms with E-state index in [-0.39, 0.29) is 0 Å². The summed E-state index contributed by atoms with van der Waals surface area (Å²) in [6.45, 7) is 5.82. The molecule has 3 rings (SSSR count). The Bertz CT molecular complexity index is 603. The van der Waals surface area contributed by atoms with Gasteiger partial charge in [0.05, 0.1) is 18.9 Å². The molecule has 0 radical (unpaired) electrons. The second kappa shape index (κ2) is 7.26. The highest BCUT2D eigenvalue weighted by Crippen LogP contribution is 2.27. The molecule has 2 aromatic heterocycles. The smallest absolute Gasteiger partial charge is 0.193 e. The van der Waals surface area contributed by atoms with Crippen LogP contribution >= 0.6 is 0 Å². The van der Waals surface area contributed by atoms with Gasteiger partial charge in [0.15, 0.2) is 5.96 Å². The van der Waals surface area contributed by atoms with Crippen LogP contribution in [0.15, 0.2) is 36.4 Å². The van der Waals surface area contributed by atoms with Gasteiger partial charge in [0.25, 0.3) is 0 Å². The second-order valence-corrected chi connectivity index (χ2v) is 5.92. The topological polar surface area (TPSA) is 76.2 Å². The molecular formula is C15H24N8. The highest BCUT2D eigenvalue weighted by molar-refractivity contribution is 5.80. The van der Waals surface area contributed by atoms with E-state index in [9.17, 15) is 0 Å². The van der Waals surface area contributed by atoms with Crippen LogP contribution in [0.4, 0.5) is 0 Å². The Hall–Kier alpha value is -2.38. The molecule has 0 saturated carbocycles. The number of nitrogens with one attached hydrogen (secondary N) is 1. The summed E-state index contributed by atoms with van der Waals surface area (Å²) in [6.07, 6.45) is 10.2. The predicted molar refractivity (Wildman–Crippen MR) is 88.0 cm³/mol. The molecule has 1 fully saturated rings. The fraction of sp³-hybridized carbons (Fsp3) is 0.600. The fourth-order valence-electron chi connectivity index (χ4n) is 3.06. The Morgan fingerprint density at radius 1 is 1.35 bits per heavy atom. The zero-order valence-electron chi connectivity index (χ0n) is 13.7. The van der Waals surface area contributed by atoms with E-state index in [0.717, 1.165) is 38.6 Å². The van der Waals surface area contributed by atoms with Crippen molar-refractivity contribution in [2.24, 2.45) is 10.9 Å². The monoisotopic (exact) mass is 316 g/mol. The van der Waals surface area contributed by atoms with Crippen LogP contribution in [-0.4, -0.2) is 61.9 Å². The SMILES string of the molecule is CN=C(NCCn1cncn1)N1CCC(C)C(n2ccnc2)C1. The van der Waals surface area contributed by atoms with Crippen LogP contribution in [-0.2, 0) is 6.54 Å². The Balaban J connectivity index is 1.57. The van der Waals surface area contributed by atoms with Gasteiger partial charge in [-0.25, -0.2) is 9.97 Å². The first kappa shape index (κ1) is 15.5. The summed E-state index contributed by atoms with van der Waals surface area (Å²) in [5, 5.41) is 7.53. The van der Waals surface area contributed by atoms with Gasteiger partial charge in [-0.3, -0.25) is 9.67 Å². The highest BCUT2D eigenvalue weighted by atomic mass is 15.3. The van der Waals surface area contributed by atoms with Crippen molar-refractivity contribution in [3.05, 3.63) is 31.4 Å². The number of imidazole rings is 1. The maximum atomic E-state index is 4.43. The van der Waals surface area contributed by atoms with Crippen molar-refractivity contribution in [1.29, 1.82) is 0 Å². The summed E-state index contributed by atoms with van der Waals surface area (Å²) in [4.78, 5) is 14.9. The maximum absolute atomic E-state index is 4.43. The van der Waals surface area contributed by atoms with Gasteiger partial charge in [0.1, 0.15) is 12.7 Å². The van der Waals surface area contributed by atoms with Crippen LogP contribution in [0.3, 0.4) is 0 Å². The van der Waals surface area contributed by atoms with Crippen LogP contribution in [0.2, 0.25) is 0 Å².